The lowest BCUT2D eigenvalue weighted by Gasteiger charge is -2.25. The van der Waals surface area contributed by atoms with Crippen molar-refractivity contribution in [2.45, 2.75) is 32.1 Å². The molecule has 1 heterocycles. The molecule has 0 radical (unpaired) electrons. The molecule has 0 unspecified atom stereocenters. The van der Waals surface area contributed by atoms with Gasteiger partial charge in [-0.15, -0.1) is 0 Å². The fraction of sp³-hybridized carbons (Fsp3) is 0.350. The van der Waals surface area contributed by atoms with Crippen molar-refractivity contribution in [2.75, 3.05) is 13.1 Å². The Bertz CT molecular complexity index is 766. The second-order valence-electron chi connectivity index (χ2n) is 6.39. The predicted octanol–water partition coefficient (Wildman–Crippen LogP) is 5.90. The van der Waals surface area contributed by atoms with Crippen LogP contribution in [0.25, 0.3) is 0 Å². The molecule has 3 rings (SSSR count). The van der Waals surface area contributed by atoms with Gasteiger partial charge >= 0.3 is 0 Å². The molecule has 0 bridgehead atoms. The first-order valence-corrected chi connectivity index (χ1v) is 9.56. The Labute approximate surface area is 163 Å². The van der Waals surface area contributed by atoms with Gasteiger partial charge in [-0.25, -0.2) is 0 Å². The smallest absolute Gasteiger partial charge is 0.257 e. The van der Waals surface area contributed by atoms with E-state index in [9.17, 15) is 9.90 Å². The first-order chi connectivity index (χ1) is 12.6. The third-order valence-electron chi connectivity index (χ3n) is 4.48. The number of phenols is 1. The molecule has 26 heavy (non-hydrogen) atoms. The quantitative estimate of drug-likeness (QED) is 0.705. The number of phenolic OH excluding ortho intramolecular Hbond substituents is 1. The lowest BCUT2D eigenvalue weighted by atomic mass is 10.1. The van der Waals surface area contributed by atoms with E-state index in [0.717, 1.165) is 25.7 Å². The van der Waals surface area contributed by atoms with Crippen LogP contribution in [0.5, 0.6) is 17.2 Å². The molecule has 2 aromatic rings. The maximum absolute atomic E-state index is 12.9. The number of likely N-dealkylation sites (tertiary alicyclic amines) is 1. The zero-order valence-corrected chi connectivity index (χ0v) is 15.9. The number of rotatable bonds is 3. The van der Waals surface area contributed by atoms with E-state index in [1.54, 1.807) is 29.2 Å². The number of benzene rings is 2. The van der Waals surface area contributed by atoms with Gasteiger partial charge in [0.25, 0.3) is 5.91 Å². The molecule has 0 saturated carbocycles. The highest BCUT2D eigenvalue weighted by molar-refractivity contribution is 6.37. The number of hydrogen-bond donors (Lipinski definition) is 1. The van der Waals surface area contributed by atoms with Crippen molar-refractivity contribution in [1.82, 2.24) is 4.90 Å². The van der Waals surface area contributed by atoms with Crippen LogP contribution in [0, 0.1) is 0 Å². The summed E-state index contributed by atoms with van der Waals surface area (Å²) in [5.41, 5.74) is 0.228. The molecule has 2 aromatic carbocycles. The number of carbonyl (C=O) groups excluding carboxylic acids is 1. The van der Waals surface area contributed by atoms with E-state index in [0.29, 0.717) is 34.6 Å². The minimum atomic E-state index is -0.180. The van der Waals surface area contributed by atoms with E-state index >= 15 is 0 Å². The van der Waals surface area contributed by atoms with Crippen molar-refractivity contribution in [2.24, 2.45) is 0 Å². The summed E-state index contributed by atoms with van der Waals surface area (Å²) in [5, 5.41) is 10.9. The highest BCUT2D eigenvalue weighted by Crippen LogP contribution is 2.37. The summed E-state index contributed by atoms with van der Waals surface area (Å²) in [6.45, 7) is 1.42. The molecular weight excluding hydrogens is 373 g/mol. The molecule has 4 nitrogen and oxygen atoms in total. The zero-order chi connectivity index (χ0) is 18.5. The second kappa shape index (κ2) is 8.65. The normalized spacial score (nSPS) is 15.2. The fourth-order valence-electron chi connectivity index (χ4n) is 3.07. The molecule has 0 spiro atoms. The Balaban J connectivity index is 1.84. The molecule has 1 N–H and O–H groups in total. The third-order valence-corrected chi connectivity index (χ3v) is 5.08. The topological polar surface area (TPSA) is 49.8 Å². The average molecular weight is 394 g/mol. The summed E-state index contributed by atoms with van der Waals surface area (Å²) in [5.74, 6) is 0.481. The minimum absolute atomic E-state index is 0.0605. The highest BCUT2D eigenvalue weighted by atomic mass is 35.5. The SMILES string of the molecule is O=C(c1cc(Oc2c(Cl)cccc2Cl)ccc1O)N1CCCCCCC1. The molecule has 1 saturated heterocycles. The van der Waals surface area contributed by atoms with Crippen molar-refractivity contribution < 1.29 is 14.6 Å². The summed E-state index contributed by atoms with van der Waals surface area (Å²) in [6, 6.07) is 9.66. The van der Waals surface area contributed by atoms with E-state index in [4.69, 9.17) is 27.9 Å². The van der Waals surface area contributed by atoms with Crippen molar-refractivity contribution in [3.05, 3.63) is 52.0 Å². The molecule has 1 aliphatic rings. The van der Waals surface area contributed by atoms with Crippen molar-refractivity contribution in [3.63, 3.8) is 0 Å². The first-order valence-electron chi connectivity index (χ1n) is 8.80. The van der Waals surface area contributed by atoms with Crippen LogP contribution >= 0.6 is 23.2 Å². The number of halogens is 2. The van der Waals surface area contributed by atoms with Gasteiger partial charge in [-0.3, -0.25) is 4.79 Å². The second-order valence-corrected chi connectivity index (χ2v) is 7.21. The predicted molar refractivity (Wildman–Crippen MR) is 104 cm³/mol. The van der Waals surface area contributed by atoms with Crippen LogP contribution in [0.1, 0.15) is 42.5 Å². The van der Waals surface area contributed by atoms with E-state index in [1.807, 2.05) is 0 Å². The molecular formula is C20H21Cl2NO3. The minimum Gasteiger partial charge on any atom is -0.507 e. The van der Waals surface area contributed by atoms with Gasteiger partial charge in [0.05, 0.1) is 15.6 Å². The van der Waals surface area contributed by atoms with Crippen LogP contribution in [0.2, 0.25) is 10.0 Å². The van der Waals surface area contributed by atoms with Gasteiger partial charge in [-0.05, 0) is 43.2 Å². The van der Waals surface area contributed by atoms with Gasteiger partial charge in [0, 0.05) is 13.1 Å². The van der Waals surface area contributed by atoms with Crippen LogP contribution in [-0.4, -0.2) is 29.0 Å². The molecule has 0 atom stereocenters. The summed E-state index contributed by atoms with van der Waals surface area (Å²) < 4.78 is 5.77. The van der Waals surface area contributed by atoms with Crippen LogP contribution in [0.15, 0.2) is 36.4 Å². The number of nitrogens with zero attached hydrogens (tertiary/aromatic N) is 1. The average Bonchev–Trinajstić information content (AvgIpc) is 2.59. The van der Waals surface area contributed by atoms with Crippen molar-refractivity contribution in [1.29, 1.82) is 0 Å². The molecule has 138 valence electrons. The van der Waals surface area contributed by atoms with Gasteiger partial charge in [0.2, 0.25) is 0 Å². The fourth-order valence-corrected chi connectivity index (χ4v) is 3.54. The van der Waals surface area contributed by atoms with Gasteiger partial charge in [-0.2, -0.15) is 0 Å². The monoisotopic (exact) mass is 393 g/mol. The molecule has 0 aromatic heterocycles. The molecule has 0 aliphatic carbocycles. The van der Waals surface area contributed by atoms with Crippen LogP contribution in [-0.2, 0) is 0 Å². The van der Waals surface area contributed by atoms with E-state index in [2.05, 4.69) is 0 Å². The number of para-hydroxylation sites is 1. The number of amides is 1. The Kier molecular flexibility index (Phi) is 6.28. The van der Waals surface area contributed by atoms with E-state index in [-0.39, 0.29) is 17.2 Å². The summed E-state index contributed by atoms with van der Waals surface area (Å²) in [4.78, 5) is 14.7. The zero-order valence-electron chi connectivity index (χ0n) is 14.4. The third kappa shape index (κ3) is 4.43. The summed E-state index contributed by atoms with van der Waals surface area (Å²) in [6.07, 6.45) is 5.44. The maximum Gasteiger partial charge on any atom is 0.257 e. The van der Waals surface area contributed by atoms with Gasteiger partial charge in [0.15, 0.2) is 5.75 Å². The Hall–Kier alpha value is -1.91. The molecule has 1 aliphatic heterocycles. The number of carbonyl (C=O) groups is 1. The van der Waals surface area contributed by atoms with Crippen molar-refractivity contribution in [3.8, 4) is 17.2 Å². The van der Waals surface area contributed by atoms with E-state index < -0.39 is 0 Å². The highest BCUT2D eigenvalue weighted by Gasteiger charge is 2.21. The summed E-state index contributed by atoms with van der Waals surface area (Å²) in [7, 11) is 0. The number of ether oxygens (including phenoxy) is 1. The van der Waals surface area contributed by atoms with Gasteiger partial charge < -0.3 is 14.7 Å². The molecule has 1 amide bonds. The van der Waals surface area contributed by atoms with Crippen LogP contribution in [0.4, 0.5) is 0 Å². The van der Waals surface area contributed by atoms with E-state index in [1.165, 1.54) is 18.6 Å². The van der Waals surface area contributed by atoms with Crippen molar-refractivity contribution >= 4 is 29.1 Å². The largest absolute Gasteiger partial charge is 0.507 e. The van der Waals surface area contributed by atoms with Gasteiger partial charge in [0.1, 0.15) is 11.5 Å². The number of aromatic hydroxyl groups is 1. The maximum atomic E-state index is 12.9. The van der Waals surface area contributed by atoms with Gasteiger partial charge in [-0.1, -0.05) is 48.5 Å². The van der Waals surface area contributed by atoms with Crippen LogP contribution < -0.4 is 4.74 Å². The lowest BCUT2D eigenvalue weighted by molar-refractivity contribution is 0.0739. The lowest BCUT2D eigenvalue weighted by Crippen LogP contribution is -2.33. The Morgan fingerprint density at radius 1 is 0.962 bits per heavy atom. The standard InChI is InChI=1S/C20H21Cl2NO3/c21-16-7-6-8-17(22)19(16)26-14-9-10-18(24)15(13-14)20(25)23-11-4-2-1-3-5-12-23/h6-10,13,24H,1-5,11-12H2. The first kappa shape index (κ1) is 18.9. The summed E-state index contributed by atoms with van der Waals surface area (Å²) >= 11 is 12.3. The Morgan fingerprint density at radius 3 is 2.23 bits per heavy atom. The number of hydrogen-bond acceptors (Lipinski definition) is 3. The molecule has 1 fully saturated rings. The molecule has 6 heteroatoms. The van der Waals surface area contributed by atoms with Crippen LogP contribution in [0.3, 0.4) is 0 Å². The Morgan fingerprint density at radius 2 is 1.58 bits per heavy atom.